The molecule has 0 aliphatic carbocycles. The lowest BCUT2D eigenvalue weighted by molar-refractivity contribution is -0.274. The molecule has 1 aromatic carbocycles. The molecule has 0 fully saturated rings. The van der Waals surface area contributed by atoms with Gasteiger partial charge in [0.15, 0.2) is 5.75 Å². The number of rotatable bonds is 4. The number of carbonyl (C=O) groups excluding carboxylic acids is 1. The van der Waals surface area contributed by atoms with E-state index in [1.54, 1.807) is 0 Å². The average molecular weight is 369 g/mol. The molecule has 0 radical (unpaired) electrons. The Morgan fingerprint density at radius 1 is 1.29 bits per heavy atom. The van der Waals surface area contributed by atoms with Crippen LogP contribution in [0.4, 0.5) is 18.9 Å². The van der Waals surface area contributed by atoms with E-state index in [0.29, 0.717) is 4.47 Å². The Morgan fingerprint density at radius 3 is 2.43 bits per heavy atom. The lowest BCUT2D eigenvalue weighted by Gasteiger charge is -2.20. The molecule has 8 heteroatoms. The summed E-state index contributed by atoms with van der Waals surface area (Å²) in [7, 11) is 0. The van der Waals surface area contributed by atoms with E-state index in [0.717, 1.165) is 6.07 Å². The molecule has 0 bridgehead atoms. The zero-order chi connectivity index (χ0) is 16.3. The van der Waals surface area contributed by atoms with Gasteiger partial charge in [0.1, 0.15) is 0 Å². The van der Waals surface area contributed by atoms with Crippen LogP contribution in [-0.2, 0) is 4.79 Å². The summed E-state index contributed by atoms with van der Waals surface area (Å²) in [5.41, 5.74) is -0.321. The minimum absolute atomic E-state index is 0.0228. The van der Waals surface area contributed by atoms with E-state index in [2.05, 4.69) is 31.3 Å². The molecular weight excluding hydrogens is 353 g/mol. The van der Waals surface area contributed by atoms with Crippen molar-refractivity contribution in [3.63, 3.8) is 0 Å². The fraction of sp³-hybridized carbons (Fsp3) is 0.462. The van der Waals surface area contributed by atoms with Crippen molar-refractivity contribution in [2.75, 3.05) is 11.9 Å². The molecule has 0 unspecified atom stereocenters. The van der Waals surface area contributed by atoms with Gasteiger partial charge in [0.25, 0.3) is 0 Å². The van der Waals surface area contributed by atoms with Crippen LogP contribution in [0.15, 0.2) is 22.7 Å². The third kappa shape index (κ3) is 7.33. The summed E-state index contributed by atoms with van der Waals surface area (Å²) < 4.78 is 41.3. The molecule has 0 heterocycles. The lowest BCUT2D eigenvalue weighted by atomic mass is 10.1. The predicted molar refractivity (Wildman–Crippen MR) is 77.2 cm³/mol. The summed E-state index contributed by atoms with van der Waals surface area (Å²) in [6.07, 6.45) is -4.83. The summed E-state index contributed by atoms with van der Waals surface area (Å²) in [6.45, 7) is 5.60. The summed E-state index contributed by atoms with van der Waals surface area (Å²) in [6, 6.07) is 3.98. The number of alkyl halides is 3. The number of anilines is 1. The van der Waals surface area contributed by atoms with E-state index in [9.17, 15) is 18.0 Å². The van der Waals surface area contributed by atoms with Crippen molar-refractivity contribution in [2.45, 2.75) is 32.7 Å². The zero-order valence-corrected chi connectivity index (χ0v) is 13.4. The third-order valence-electron chi connectivity index (χ3n) is 2.22. The molecule has 0 aliphatic heterocycles. The van der Waals surface area contributed by atoms with Crippen LogP contribution in [0.25, 0.3) is 0 Å². The van der Waals surface area contributed by atoms with Gasteiger partial charge in [-0.1, -0.05) is 15.9 Å². The van der Waals surface area contributed by atoms with Gasteiger partial charge in [-0.15, -0.1) is 13.2 Å². The molecule has 1 amide bonds. The summed E-state index contributed by atoms with van der Waals surface area (Å²) in [4.78, 5) is 11.7. The van der Waals surface area contributed by atoms with Crippen molar-refractivity contribution in [3.05, 3.63) is 22.7 Å². The molecule has 0 spiro atoms. The van der Waals surface area contributed by atoms with Gasteiger partial charge >= 0.3 is 6.36 Å². The summed E-state index contributed by atoms with van der Waals surface area (Å²) in [5.74, 6) is -0.930. The van der Waals surface area contributed by atoms with E-state index in [-0.39, 0.29) is 17.8 Å². The molecule has 2 N–H and O–H groups in total. The van der Waals surface area contributed by atoms with Crippen molar-refractivity contribution in [1.29, 1.82) is 0 Å². The third-order valence-corrected chi connectivity index (χ3v) is 2.72. The minimum Gasteiger partial charge on any atom is -0.404 e. The van der Waals surface area contributed by atoms with Gasteiger partial charge in [0.2, 0.25) is 5.91 Å². The van der Waals surface area contributed by atoms with Gasteiger partial charge in [-0.2, -0.15) is 0 Å². The number of carbonyl (C=O) groups is 1. The van der Waals surface area contributed by atoms with Crippen LogP contribution in [0.1, 0.15) is 20.8 Å². The number of ether oxygens (including phenoxy) is 1. The normalized spacial score (nSPS) is 12.1. The van der Waals surface area contributed by atoms with E-state index in [1.807, 2.05) is 20.8 Å². The van der Waals surface area contributed by atoms with Crippen molar-refractivity contribution < 1.29 is 22.7 Å². The van der Waals surface area contributed by atoms with Crippen LogP contribution in [-0.4, -0.2) is 24.4 Å². The Balaban J connectivity index is 2.80. The molecule has 118 valence electrons. The van der Waals surface area contributed by atoms with Crippen LogP contribution in [0.2, 0.25) is 0 Å². The quantitative estimate of drug-likeness (QED) is 0.852. The smallest absolute Gasteiger partial charge is 0.404 e. The highest BCUT2D eigenvalue weighted by molar-refractivity contribution is 9.10. The molecule has 1 aromatic rings. The van der Waals surface area contributed by atoms with Crippen LogP contribution >= 0.6 is 15.9 Å². The van der Waals surface area contributed by atoms with E-state index in [1.165, 1.54) is 12.1 Å². The molecule has 0 aromatic heterocycles. The first-order valence-corrected chi connectivity index (χ1v) is 6.86. The Morgan fingerprint density at radius 2 is 1.90 bits per heavy atom. The van der Waals surface area contributed by atoms with Gasteiger partial charge in [0, 0.05) is 10.0 Å². The second kappa shape index (κ2) is 6.65. The van der Waals surface area contributed by atoms with Crippen molar-refractivity contribution >= 4 is 27.5 Å². The standard InChI is InChI=1S/C13H16BrF3N2O2/c1-12(2,3)18-7-11(20)19-9-5-4-8(14)6-10(9)21-13(15,16)17/h4-6,18H,7H2,1-3H3,(H,19,20). The summed E-state index contributed by atoms with van der Waals surface area (Å²) in [5, 5.41) is 5.32. The van der Waals surface area contributed by atoms with Crippen LogP contribution < -0.4 is 15.4 Å². The van der Waals surface area contributed by atoms with E-state index < -0.39 is 18.0 Å². The monoisotopic (exact) mass is 368 g/mol. The zero-order valence-electron chi connectivity index (χ0n) is 11.8. The molecule has 4 nitrogen and oxygen atoms in total. The maximum Gasteiger partial charge on any atom is 0.573 e. The fourth-order valence-corrected chi connectivity index (χ4v) is 1.69. The Bertz CT molecular complexity index is 513. The maximum absolute atomic E-state index is 12.3. The molecule has 0 saturated carbocycles. The van der Waals surface area contributed by atoms with Crippen LogP contribution in [0.3, 0.4) is 0 Å². The lowest BCUT2D eigenvalue weighted by Crippen LogP contribution is -2.41. The highest BCUT2D eigenvalue weighted by Crippen LogP contribution is 2.32. The number of amides is 1. The topological polar surface area (TPSA) is 50.4 Å². The number of halogens is 4. The minimum atomic E-state index is -4.83. The first-order valence-electron chi connectivity index (χ1n) is 6.06. The summed E-state index contributed by atoms with van der Waals surface area (Å²) >= 11 is 3.05. The fourth-order valence-electron chi connectivity index (χ4n) is 1.35. The number of hydrogen-bond donors (Lipinski definition) is 2. The van der Waals surface area contributed by atoms with Crippen molar-refractivity contribution in [2.24, 2.45) is 0 Å². The highest BCUT2D eigenvalue weighted by Gasteiger charge is 2.32. The Labute approximate surface area is 129 Å². The number of hydrogen-bond acceptors (Lipinski definition) is 3. The van der Waals surface area contributed by atoms with Gasteiger partial charge in [-0.05, 0) is 39.0 Å². The average Bonchev–Trinajstić information content (AvgIpc) is 2.27. The SMILES string of the molecule is CC(C)(C)NCC(=O)Nc1ccc(Br)cc1OC(F)(F)F. The second-order valence-electron chi connectivity index (χ2n) is 5.34. The molecule has 0 atom stereocenters. The number of benzene rings is 1. The van der Waals surface area contributed by atoms with Gasteiger partial charge < -0.3 is 15.4 Å². The van der Waals surface area contributed by atoms with Crippen molar-refractivity contribution in [1.82, 2.24) is 5.32 Å². The highest BCUT2D eigenvalue weighted by atomic mass is 79.9. The van der Waals surface area contributed by atoms with Gasteiger partial charge in [0.05, 0.1) is 12.2 Å². The Hall–Kier alpha value is -1.28. The maximum atomic E-state index is 12.3. The first kappa shape index (κ1) is 17.8. The Kier molecular flexibility index (Phi) is 5.63. The largest absolute Gasteiger partial charge is 0.573 e. The molecular formula is C13H16BrF3N2O2. The van der Waals surface area contributed by atoms with Gasteiger partial charge in [-0.25, -0.2) is 0 Å². The molecule has 21 heavy (non-hydrogen) atoms. The van der Waals surface area contributed by atoms with Gasteiger partial charge in [-0.3, -0.25) is 4.79 Å². The number of nitrogens with one attached hydrogen (secondary N) is 2. The van der Waals surface area contributed by atoms with Crippen LogP contribution in [0, 0.1) is 0 Å². The predicted octanol–water partition coefficient (Wildman–Crippen LogP) is 3.67. The second-order valence-corrected chi connectivity index (χ2v) is 6.26. The first-order chi connectivity index (χ1) is 9.46. The van der Waals surface area contributed by atoms with E-state index >= 15 is 0 Å². The molecule has 1 rings (SSSR count). The van der Waals surface area contributed by atoms with Crippen molar-refractivity contribution in [3.8, 4) is 5.75 Å². The van der Waals surface area contributed by atoms with E-state index in [4.69, 9.17) is 0 Å². The van der Waals surface area contributed by atoms with Crippen LogP contribution in [0.5, 0.6) is 5.75 Å². The molecule has 0 aliphatic rings. The molecule has 0 saturated heterocycles.